The summed E-state index contributed by atoms with van der Waals surface area (Å²) in [6.45, 7) is 5.81. The van der Waals surface area contributed by atoms with E-state index in [2.05, 4.69) is 40.3 Å². The SMILES string of the molecule is CCOc1c(Br)cc(CNC2(C)CCCCC2)cc1OC. The molecule has 0 spiro atoms. The van der Waals surface area contributed by atoms with Crippen LogP contribution < -0.4 is 14.8 Å². The lowest BCUT2D eigenvalue weighted by Crippen LogP contribution is -2.43. The summed E-state index contributed by atoms with van der Waals surface area (Å²) in [6, 6.07) is 4.18. The number of rotatable bonds is 6. The quantitative estimate of drug-likeness (QED) is 0.804. The van der Waals surface area contributed by atoms with E-state index in [4.69, 9.17) is 9.47 Å². The molecule has 1 aromatic rings. The van der Waals surface area contributed by atoms with E-state index in [9.17, 15) is 0 Å². The summed E-state index contributed by atoms with van der Waals surface area (Å²) < 4.78 is 12.0. The van der Waals surface area contributed by atoms with Crippen LogP contribution in [0.15, 0.2) is 16.6 Å². The molecule has 1 fully saturated rings. The third kappa shape index (κ3) is 4.36. The van der Waals surface area contributed by atoms with Crippen molar-refractivity contribution in [3.63, 3.8) is 0 Å². The summed E-state index contributed by atoms with van der Waals surface area (Å²) in [7, 11) is 1.68. The van der Waals surface area contributed by atoms with Crippen LogP contribution in [0.2, 0.25) is 0 Å². The fraction of sp³-hybridized carbons (Fsp3) is 0.647. The number of hydrogen-bond acceptors (Lipinski definition) is 3. The van der Waals surface area contributed by atoms with Gasteiger partial charge < -0.3 is 14.8 Å². The van der Waals surface area contributed by atoms with Crippen LogP contribution in [-0.4, -0.2) is 19.3 Å². The summed E-state index contributed by atoms with van der Waals surface area (Å²) in [5, 5.41) is 3.73. The fourth-order valence-corrected chi connectivity index (χ4v) is 3.59. The Morgan fingerprint density at radius 2 is 1.95 bits per heavy atom. The van der Waals surface area contributed by atoms with Crippen LogP contribution in [0, 0.1) is 0 Å². The zero-order valence-corrected chi connectivity index (χ0v) is 14.9. The summed E-state index contributed by atoms with van der Waals surface area (Å²) in [6.07, 6.45) is 6.57. The second-order valence-electron chi connectivity index (χ2n) is 6.02. The predicted octanol–water partition coefficient (Wildman–Crippen LogP) is 4.67. The monoisotopic (exact) mass is 355 g/mol. The number of halogens is 1. The van der Waals surface area contributed by atoms with E-state index in [-0.39, 0.29) is 5.54 Å². The highest BCUT2D eigenvalue weighted by molar-refractivity contribution is 9.10. The van der Waals surface area contributed by atoms with Crippen molar-refractivity contribution in [2.45, 2.75) is 58.0 Å². The standard InChI is InChI=1S/C17H26BrNO2/c1-4-21-16-14(18)10-13(11-15(16)20-3)12-19-17(2)8-6-5-7-9-17/h10-11,19H,4-9,12H2,1-3H3. The van der Waals surface area contributed by atoms with E-state index in [1.807, 2.05) is 6.92 Å². The molecule has 1 aliphatic rings. The Labute approximate surface area is 136 Å². The number of benzene rings is 1. The normalized spacial score (nSPS) is 17.5. The maximum atomic E-state index is 5.64. The average molecular weight is 356 g/mol. The van der Waals surface area contributed by atoms with E-state index in [1.165, 1.54) is 37.7 Å². The summed E-state index contributed by atoms with van der Waals surface area (Å²) in [4.78, 5) is 0. The minimum Gasteiger partial charge on any atom is -0.493 e. The van der Waals surface area contributed by atoms with E-state index in [0.29, 0.717) is 6.61 Å². The van der Waals surface area contributed by atoms with Gasteiger partial charge >= 0.3 is 0 Å². The van der Waals surface area contributed by atoms with Gasteiger partial charge in [-0.15, -0.1) is 0 Å². The molecular weight excluding hydrogens is 330 g/mol. The highest BCUT2D eigenvalue weighted by Crippen LogP contribution is 2.37. The summed E-state index contributed by atoms with van der Waals surface area (Å²) >= 11 is 3.59. The highest BCUT2D eigenvalue weighted by atomic mass is 79.9. The van der Waals surface area contributed by atoms with Gasteiger partial charge in [0.1, 0.15) is 0 Å². The maximum absolute atomic E-state index is 5.64. The van der Waals surface area contributed by atoms with Crippen molar-refractivity contribution in [1.29, 1.82) is 0 Å². The van der Waals surface area contributed by atoms with Crippen molar-refractivity contribution in [3.8, 4) is 11.5 Å². The molecule has 0 aliphatic heterocycles. The third-order valence-electron chi connectivity index (χ3n) is 4.25. The molecule has 0 radical (unpaired) electrons. The fourth-order valence-electron chi connectivity index (χ4n) is 2.98. The van der Waals surface area contributed by atoms with Gasteiger partial charge in [-0.3, -0.25) is 0 Å². The van der Waals surface area contributed by atoms with Gasteiger partial charge in [0, 0.05) is 12.1 Å². The van der Waals surface area contributed by atoms with Gasteiger partial charge in [-0.05, 0) is 60.3 Å². The van der Waals surface area contributed by atoms with Crippen molar-refractivity contribution in [2.24, 2.45) is 0 Å². The second kappa shape index (κ2) is 7.50. The zero-order valence-electron chi connectivity index (χ0n) is 13.3. The summed E-state index contributed by atoms with van der Waals surface area (Å²) in [5.74, 6) is 1.57. The van der Waals surface area contributed by atoms with Crippen LogP contribution in [0.25, 0.3) is 0 Å². The molecule has 0 aromatic heterocycles. The molecular formula is C17H26BrNO2. The largest absolute Gasteiger partial charge is 0.493 e. The smallest absolute Gasteiger partial charge is 0.175 e. The molecule has 3 nitrogen and oxygen atoms in total. The molecule has 1 N–H and O–H groups in total. The number of nitrogens with one attached hydrogen (secondary N) is 1. The van der Waals surface area contributed by atoms with Crippen LogP contribution in [0.5, 0.6) is 11.5 Å². The Balaban J connectivity index is 2.08. The minimum atomic E-state index is 0.274. The Morgan fingerprint density at radius 3 is 2.57 bits per heavy atom. The average Bonchev–Trinajstić information content (AvgIpc) is 2.48. The van der Waals surface area contributed by atoms with Gasteiger partial charge in [0.05, 0.1) is 18.2 Å². The van der Waals surface area contributed by atoms with E-state index < -0.39 is 0 Å². The van der Waals surface area contributed by atoms with E-state index in [0.717, 1.165) is 22.5 Å². The molecule has 0 bridgehead atoms. The Bertz CT molecular complexity index is 470. The summed E-state index contributed by atoms with van der Waals surface area (Å²) in [5.41, 5.74) is 1.49. The lowest BCUT2D eigenvalue weighted by molar-refractivity contribution is 0.252. The molecule has 0 unspecified atom stereocenters. The van der Waals surface area contributed by atoms with Gasteiger partial charge in [-0.2, -0.15) is 0 Å². The molecule has 0 atom stereocenters. The molecule has 21 heavy (non-hydrogen) atoms. The number of methoxy groups -OCH3 is 1. The molecule has 118 valence electrons. The molecule has 2 rings (SSSR count). The van der Waals surface area contributed by atoms with E-state index in [1.54, 1.807) is 7.11 Å². The predicted molar refractivity (Wildman–Crippen MR) is 90.2 cm³/mol. The second-order valence-corrected chi connectivity index (χ2v) is 6.87. The minimum absolute atomic E-state index is 0.274. The van der Waals surface area contributed by atoms with Crippen molar-refractivity contribution in [1.82, 2.24) is 5.32 Å². The Hall–Kier alpha value is -0.740. The highest BCUT2D eigenvalue weighted by Gasteiger charge is 2.26. The molecule has 1 saturated carbocycles. The lowest BCUT2D eigenvalue weighted by Gasteiger charge is -2.35. The molecule has 0 saturated heterocycles. The maximum Gasteiger partial charge on any atom is 0.175 e. The molecule has 0 heterocycles. The first-order valence-corrected chi connectivity index (χ1v) is 8.61. The number of hydrogen-bond donors (Lipinski definition) is 1. The van der Waals surface area contributed by atoms with Crippen molar-refractivity contribution in [3.05, 3.63) is 22.2 Å². The first-order chi connectivity index (χ1) is 10.1. The van der Waals surface area contributed by atoms with Gasteiger partial charge in [0.2, 0.25) is 0 Å². The van der Waals surface area contributed by atoms with Gasteiger partial charge in [-0.25, -0.2) is 0 Å². The van der Waals surface area contributed by atoms with Crippen LogP contribution in [0.3, 0.4) is 0 Å². The first kappa shape index (κ1) is 16.6. The molecule has 4 heteroatoms. The zero-order chi connectivity index (χ0) is 15.3. The van der Waals surface area contributed by atoms with Crippen molar-refractivity contribution in [2.75, 3.05) is 13.7 Å². The van der Waals surface area contributed by atoms with Crippen LogP contribution in [0.4, 0.5) is 0 Å². The van der Waals surface area contributed by atoms with Gasteiger partial charge in [0.15, 0.2) is 11.5 Å². The van der Waals surface area contributed by atoms with Crippen molar-refractivity contribution < 1.29 is 9.47 Å². The topological polar surface area (TPSA) is 30.5 Å². The Morgan fingerprint density at radius 1 is 1.24 bits per heavy atom. The van der Waals surface area contributed by atoms with Crippen LogP contribution in [0.1, 0.15) is 51.5 Å². The first-order valence-electron chi connectivity index (χ1n) is 7.82. The lowest BCUT2D eigenvalue weighted by atomic mass is 9.83. The third-order valence-corrected chi connectivity index (χ3v) is 4.84. The number of ether oxygens (including phenoxy) is 2. The van der Waals surface area contributed by atoms with Gasteiger partial charge in [0.25, 0.3) is 0 Å². The molecule has 1 aromatic carbocycles. The van der Waals surface area contributed by atoms with Crippen molar-refractivity contribution >= 4 is 15.9 Å². The van der Waals surface area contributed by atoms with Crippen LogP contribution in [-0.2, 0) is 6.54 Å². The van der Waals surface area contributed by atoms with E-state index >= 15 is 0 Å². The molecule has 0 amide bonds. The Kier molecular flexibility index (Phi) is 5.94. The van der Waals surface area contributed by atoms with Crippen LogP contribution >= 0.6 is 15.9 Å². The van der Waals surface area contributed by atoms with Gasteiger partial charge in [-0.1, -0.05) is 19.3 Å². The molecule has 1 aliphatic carbocycles.